The minimum atomic E-state index is -3.48. The van der Waals surface area contributed by atoms with Crippen molar-refractivity contribution < 1.29 is 13.2 Å². The summed E-state index contributed by atoms with van der Waals surface area (Å²) in [5.74, 6) is 1.59. The van der Waals surface area contributed by atoms with Crippen LogP contribution in [0.5, 0.6) is 5.75 Å². The van der Waals surface area contributed by atoms with E-state index in [9.17, 15) is 8.42 Å². The summed E-state index contributed by atoms with van der Waals surface area (Å²) < 4.78 is 33.4. The van der Waals surface area contributed by atoms with Gasteiger partial charge in [-0.15, -0.1) is 0 Å². The number of hydrogen-bond acceptors (Lipinski definition) is 4. The molecule has 1 aliphatic rings. The van der Waals surface area contributed by atoms with Crippen molar-refractivity contribution in [2.75, 3.05) is 19.7 Å². The minimum Gasteiger partial charge on any atom is -0.494 e. The smallest absolute Gasteiger partial charge is 0.240 e. The third-order valence-corrected chi connectivity index (χ3v) is 5.70. The summed E-state index contributed by atoms with van der Waals surface area (Å²) in [6.07, 6.45) is 1.80. The maximum Gasteiger partial charge on any atom is 0.240 e. The van der Waals surface area contributed by atoms with Gasteiger partial charge in [0.15, 0.2) is 0 Å². The van der Waals surface area contributed by atoms with Crippen LogP contribution in [0, 0.1) is 11.8 Å². The molecule has 130 valence electrons. The van der Waals surface area contributed by atoms with Crippen molar-refractivity contribution in [2.45, 2.75) is 44.6 Å². The predicted molar refractivity (Wildman–Crippen MR) is 92.2 cm³/mol. The maximum absolute atomic E-state index is 12.5. The lowest BCUT2D eigenvalue weighted by Gasteiger charge is -2.29. The molecule has 5 nitrogen and oxygen atoms in total. The molecule has 1 aromatic rings. The van der Waals surface area contributed by atoms with Gasteiger partial charge in [-0.25, -0.2) is 13.1 Å². The Hall–Kier alpha value is -1.11. The topological polar surface area (TPSA) is 67.4 Å². The van der Waals surface area contributed by atoms with Crippen LogP contribution in [0.4, 0.5) is 0 Å². The Morgan fingerprint density at radius 2 is 2.00 bits per heavy atom. The van der Waals surface area contributed by atoms with Crippen LogP contribution >= 0.6 is 0 Å². The second kappa shape index (κ2) is 8.13. The van der Waals surface area contributed by atoms with E-state index in [1.165, 1.54) is 0 Å². The van der Waals surface area contributed by atoms with E-state index in [0.29, 0.717) is 23.2 Å². The molecule has 6 heteroatoms. The number of sulfonamides is 1. The number of nitrogens with one attached hydrogen (secondary N) is 2. The molecule has 23 heavy (non-hydrogen) atoms. The number of ether oxygens (including phenoxy) is 1. The average molecular weight is 340 g/mol. The van der Waals surface area contributed by atoms with E-state index in [4.69, 9.17) is 4.74 Å². The van der Waals surface area contributed by atoms with Crippen molar-refractivity contribution in [3.8, 4) is 5.75 Å². The molecule has 0 radical (unpaired) electrons. The van der Waals surface area contributed by atoms with Crippen molar-refractivity contribution in [1.29, 1.82) is 0 Å². The first kappa shape index (κ1) is 18.2. The zero-order chi connectivity index (χ0) is 16.9. The van der Waals surface area contributed by atoms with Crippen LogP contribution in [0.3, 0.4) is 0 Å². The zero-order valence-electron chi connectivity index (χ0n) is 14.2. The standard InChI is InChI=1S/C17H28N2O3S/c1-13(2)9-11-22-15-4-6-16(7-5-15)23(20,21)19-17-8-10-18-12-14(17)3/h4-7,13-14,17-19H,8-12H2,1-3H3. The van der Waals surface area contributed by atoms with Gasteiger partial charge in [-0.3, -0.25) is 0 Å². The third kappa shape index (κ3) is 5.48. The molecule has 0 amide bonds. The second-order valence-electron chi connectivity index (χ2n) is 6.70. The van der Waals surface area contributed by atoms with Crippen LogP contribution in [0.2, 0.25) is 0 Å². The Balaban J connectivity index is 1.96. The molecule has 0 aliphatic carbocycles. The summed E-state index contributed by atoms with van der Waals surface area (Å²) in [7, 11) is -3.48. The van der Waals surface area contributed by atoms with Gasteiger partial charge >= 0.3 is 0 Å². The van der Waals surface area contributed by atoms with E-state index in [2.05, 4.69) is 30.8 Å². The van der Waals surface area contributed by atoms with Crippen LogP contribution < -0.4 is 14.8 Å². The summed E-state index contributed by atoms with van der Waals surface area (Å²) in [4.78, 5) is 0.291. The number of piperidine rings is 1. The van der Waals surface area contributed by atoms with Gasteiger partial charge < -0.3 is 10.1 Å². The Morgan fingerprint density at radius 3 is 2.61 bits per heavy atom. The predicted octanol–water partition coefficient (Wildman–Crippen LogP) is 2.39. The molecule has 1 heterocycles. The van der Waals surface area contributed by atoms with Crippen LogP contribution in [-0.4, -0.2) is 34.2 Å². The molecular formula is C17H28N2O3S. The molecule has 1 saturated heterocycles. The maximum atomic E-state index is 12.5. The van der Waals surface area contributed by atoms with Crippen molar-refractivity contribution >= 4 is 10.0 Å². The molecule has 2 unspecified atom stereocenters. The molecule has 2 N–H and O–H groups in total. The molecule has 0 aromatic heterocycles. The molecule has 2 atom stereocenters. The lowest BCUT2D eigenvalue weighted by molar-refractivity contribution is 0.289. The zero-order valence-corrected chi connectivity index (χ0v) is 15.0. The lowest BCUT2D eigenvalue weighted by atomic mass is 9.97. The Labute approximate surface area is 139 Å². The summed E-state index contributed by atoms with van der Waals surface area (Å²) in [6.45, 7) is 8.69. The van der Waals surface area contributed by atoms with Crippen LogP contribution in [0.1, 0.15) is 33.6 Å². The fourth-order valence-corrected chi connectivity index (χ4v) is 3.96. The molecule has 1 fully saturated rings. The van der Waals surface area contributed by atoms with Crippen molar-refractivity contribution in [2.24, 2.45) is 11.8 Å². The molecule has 0 saturated carbocycles. The SMILES string of the molecule is CC(C)CCOc1ccc(S(=O)(=O)NC2CCNCC2C)cc1. The van der Waals surface area contributed by atoms with E-state index in [-0.39, 0.29) is 12.0 Å². The molecule has 0 bridgehead atoms. The van der Waals surface area contributed by atoms with Crippen LogP contribution in [0.25, 0.3) is 0 Å². The summed E-state index contributed by atoms with van der Waals surface area (Å²) in [5.41, 5.74) is 0. The Bertz CT molecular complexity index is 584. The van der Waals surface area contributed by atoms with E-state index < -0.39 is 10.0 Å². The van der Waals surface area contributed by atoms with Gasteiger partial charge in [-0.1, -0.05) is 20.8 Å². The quantitative estimate of drug-likeness (QED) is 0.800. The van der Waals surface area contributed by atoms with Crippen LogP contribution in [-0.2, 0) is 10.0 Å². The normalized spacial score (nSPS) is 22.3. The monoisotopic (exact) mass is 340 g/mol. The third-order valence-electron chi connectivity index (χ3n) is 4.19. The lowest BCUT2D eigenvalue weighted by Crippen LogP contribution is -2.48. The van der Waals surface area contributed by atoms with Crippen molar-refractivity contribution in [3.63, 3.8) is 0 Å². The highest BCUT2D eigenvalue weighted by Crippen LogP contribution is 2.19. The van der Waals surface area contributed by atoms with Gasteiger partial charge in [0.1, 0.15) is 5.75 Å². The van der Waals surface area contributed by atoms with Crippen LogP contribution in [0.15, 0.2) is 29.2 Å². The summed E-state index contributed by atoms with van der Waals surface area (Å²) >= 11 is 0. The minimum absolute atomic E-state index is 0.0109. The first-order chi connectivity index (χ1) is 10.9. The summed E-state index contributed by atoms with van der Waals surface area (Å²) in [5, 5.41) is 3.27. The Kier molecular flexibility index (Phi) is 6.44. The number of benzene rings is 1. The molecule has 1 aliphatic heterocycles. The van der Waals surface area contributed by atoms with Crippen molar-refractivity contribution in [3.05, 3.63) is 24.3 Å². The molecule has 0 spiro atoms. The first-order valence-electron chi connectivity index (χ1n) is 8.34. The molecule has 1 aromatic carbocycles. The van der Waals surface area contributed by atoms with Gasteiger partial charge in [0.05, 0.1) is 11.5 Å². The fraction of sp³-hybridized carbons (Fsp3) is 0.647. The van der Waals surface area contributed by atoms with Gasteiger partial charge in [0.25, 0.3) is 0 Å². The van der Waals surface area contributed by atoms with E-state index in [1.54, 1.807) is 24.3 Å². The van der Waals surface area contributed by atoms with Gasteiger partial charge in [-0.2, -0.15) is 0 Å². The Morgan fingerprint density at radius 1 is 1.30 bits per heavy atom. The van der Waals surface area contributed by atoms with Crippen molar-refractivity contribution in [1.82, 2.24) is 10.0 Å². The van der Waals surface area contributed by atoms with Gasteiger partial charge in [-0.05, 0) is 62.0 Å². The number of hydrogen-bond donors (Lipinski definition) is 2. The van der Waals surface area contributed by atoms with E-state index in [0.717, 1.165) is 25.9 Å². The van der Waals surface area contributed by atoms with E-state index >= 15 is 0 Å². The summed E-state index contributed by atoms with van der Waals surface area (Å²) in [6, 6.07) is 6.65. The highest BCUT2D eigenvalue weighted by atomic mass is 32.2. The van der Waals surface area contributed by atoms with Gasteiger partial charge in [0.2, 0.25) is 10.0 Å². The molecular weight excluding hydrogens is 312 g/mol. The van der Waals surface area contributed by atoms with E-state index in [1.807, 2.05) is 0 Å². The fourth-order valence-electron chi connectivity index (χ4n) is 2.58. The highest BCUT2D eigenvalue weighted by molar-refractivity contribution is 7.89. The largest absolute Gasteiger partial charge is 0.494 e. The molecule has 2 rings (SSSR count). The average Bonchev–Trinajstić information content (AvgIpc) is 2.50. The van der Waals surface area contributed by atoms with Gasteiger partial charge in [0, 0.05) is 6.04 Å². The first-order valence-corrected chi connectivity index (χ1v) is 9.82. The second-order valence-corrected chi connectivity index (χ2v) is 8.41. The highest BCUT2D eigenvalue weighted by Gasteiger charge is 2.26. The number of rotatable bonds is 7.